The fourth-order valence-corrected chi connectivity index (χ4v) is 5.15. The lowest BCUT2D eigenvalue weighted by Gasteiger charge is -2.20. The average molecular weight is 391 g/mol. The van der Waals surface area contributed by atoms with Crippen molar-refractivity contribution in [2.45, 2.75) is 16.2 Å². The van der Waals surface area contributed by atoms with E-state index in [9.17, 15) is 21.2 Å². The minimum absolute atomic E-state index is 0.0830. The minimum atomic E-state index is -3.99. The van der Waals surface area contributed by atoms with Crippen molar-refractivity contribution in [3.05, 3.63) is 52.8 Å². The third-order valence-electron chi connectivity index (χ3n) is 3.69. The van der Waals surface area contributed by atoms with Crippen LogP contribution in [0.25, 0.3) is 0 Å². The first kappa shape index (κ1) is 17.2. The van der Waals surface area contributed by atoms with Gasteiger partial charge in [0.1, 0.15) is 10.7 Å². The Hall–Kier alpha value is -1.68. The van der Waals surface area contributed by atoms with Crippen molar-refractivity contribution in [3.63, 3.8) is 0 Å². The summed E-state index contributed by atoms with van der Waals surface area (Å²) in [6.45, 7) is 0.124. The third kappa shape index (κ3) is 2.88. The molecule has 1 aliphatic rings. The molecule has 128 valence electrons. The third-order valence-corrected chi connectivity index (χ3v) is 6.90. The van der Waals surface area contributed by atoms with Gasteiger partial charge in [0.05, 0.1) is 15.6 Å². The Morgan fingerprint density at radius 1 is 1.08 bits per heavy atom. The Morgan fingerprint density at radius 2 is 1.79 bits per heavy atom. The number of sulfonamides is 2. The molecule has 2 N–H and O–H groups in total. The van der Waals surface area contributed by atoms with Crippen LogP contribution in [0, 0.1) is 5.82 Å². The van der Waals surface area contributed by atoms with Gasteiger partial charge in [-0.25, -0.2) is 26.4 Å². The predicted octanol–water partition coefficient (Wildman–Crippen LogP) is 1.88. The summed E-state index contributed by atoms with van der Waals surface area (Å²) in [6, 6.07) is 7.02. The van der Waals surface area contributed by atoms with E-state index in [0.29, 0.717) is 17.7 Å². The molecule has 2 aromatic carbocycles. The average Bonchev–Trinajstić information content (AvgIpc) is 2.89. The number of benzene rings is 2. The summed E-state index contributed by atoms with van der Waals surface area (Å²) in [6.07, 6.45) is 0.330. The summed E-state index contributed by atoms with van der Waals surface area (Å²) in [4.78, 5) is -0.297. The first-order valence-corrected chi connectivity index (χ1v) is 10.1. The molecule has 0 saturated carbocycles. The van der Waals surface area contributed by atoms with E-state index >= 15 is 0 Å². The first-order valence-electron chi connectivity index (χ1n) is 6.74. The molecule has 0 aromatic heterocycles. The number of fused-ring (bicyclic) bond motifs is 1. The molecule has 10 heteroatoms. The van der Waals surface area contributed by atoms with E-state index in [-0.39, 0.29) is 21.4 Å². The van der Waals surface area contributed by atoms with Crippen molar-refractivity contribution >= 4 is 37.3 Å². The van der Waals surface area contributed by atoms with Crippen LogP contribution in [0.15, 0.2) is 46.2 Å². The molecule has 0 atom stereocenters. The largest absolute Gasteiger partial charge is 0.266 e. The summed E-state index contributed by atoms with van der Waals surface area (Å²) in [5.41, 5.74) is 0.895. The lowest BCUT2D eigenvalue weighted by Crippen LogP contribution is -2.29. The standard InChI is InChI=1S/C14H12ClFN2O4S2/c15-12-8-10(16)1-4-14(12)24(21,22)18-6-5-9-7-11(23(17,19)20)2-3-13(9)18/h1-4,7-8H,5-6H2,(H2,17,19,20). The van der Waals surface area contributed by atoms with Gasteiger partial charge in [-0.2, -0.15) is 0 Å². The van der Waals surface area contributed by atoms with Crippen LogP contribution in [0.1, 0.15) is 5.56 Å². The zero-order valence-electron chi connectivity index (χ0n) is 12.1. The maximum atomic E-state index is 13.1. The molecule has 0 unspecified atom stereocenters. The Bertz CT molecular complexity index is 1040. The second-order valence-electron chi connectivity index (χ2n) is 5.24. The van der Waals surface area contributed by atoms with E-state index in [1.165, 1.54) is 18.2 Å². The highest BCUT2D eigenvalue weighted by molar-refractivity contribution is 7.93. The molecule has 0 amide bonds. The van der Waals surface area contributed by atoms with Crippen molar-refractivity contribution in [1.82, 2.24) is 0 Å². The van der Waals surface area contributed by atoms with Crippen molar-refractivity contribution in [2.75, 3.05) is 10.8 Å². The van der Waals surface area contributed by atoms with Gasteiger partial charge in [-0.3, -0.25) is 4.31 Å². The number of nitrogens with two attached hydrogens (primary N) is 1. The summed E-state index contributed by atoms with van der Waals surface area (Å²) < 4.78 is 62.6. The molecule has 2 aromatic rings. The number of hydrogen-bond acceptors (Lipinski definition) is 4. The second kappa shape index (κ2) is 5.69. The Morgan fingerprint density at radius 3 is 2.42 bits per heavy atom. The second-order valence-corrected chi connectivity index (χ2v) is 9.04. The zero-order chi connectivity index (χ0) is 17.7. The SMILES string of the molecule is NS(=O)(=O)c1ccc2c(c1)CCN2S(=O)(=O)c1ccc(F)cc1Cl. The van der Waals surface area contributed by atoms with Crippen LogP contribution in [-0.4, -0.2) is 23.4 Å². The Kier molecular flexibility index (Phi) is 4.07. The maximum absolute atomic E-state index is 13.1. The lowest BCUT2D eigenvalue weighted by molar-refractivity contribution is 0.591. The van der Waals surface area contributed by atoms with Gasteiger partial charge >= 0.3 is 0 Å². The number of nitrogens with zero attached hydrogens (tertiary/aromatic N) is 1. The molecular weight excluding hydrogens is 379 g/mol. The quantitative estimate of drug-likeness (QED) is 0.865. The van der Waals surface area contributed by atoms with Crippen molar-refractivity contribution < 1.29 is 21.2 Å². The highest BCUT2D eigenvalue weighted by Gasteiger charge is 2.33. The van der Waals surface area contributed by atoms with Crippen molar-refractivity contribution in [1.29, 1.82) is 0 Å². The van der Waals surface area contributed by atoms with Crippen molar-refractivity contribution in [2.24, 2.45) is 5.14 Å². The minimum Gasteiger partial charge on any atom is -0.266 e. The van der Waals surface area contributed by atoms with Crippen LogP contribution in [-0.2, 0) is 26.5 Å². The summed E-state index contributed by atoms with van der Waals surface area (Å²) in [7, 11) is -7.87. The van der Waals surface area contributed by atoms with Gasteiger partial charge in [-0.15, -0.1) is 0 Å². The lowest BCUT2D eigenvalue weighted by atomic mass is 10.2. The van der Waals surface area contributed by atoms with Gasteiger partial charge in [-0.05, 0) is 48.4 Å². The number of rotatable bonds is 3. The number of hydrogen-bond donors (Lipinski definition) is 1. The van der Waals surface area contributed by atoms with Gasteiger partial charge in [0, 0.05) is 6.54 Å². The summed E-state index contributed by atoms with van der Waals surface area (Å²) >= 11 is 5.86. The number of anilines is 1. The van der Waals surface area contributed by atoms with E-state index in [1.807, 2.05) is 0 Å². The molecular formula is C14H12ClFN2O4S2. The molecule has 1 aliphatic heterocycles. The van der Waals surface area contributed by atoms with E-state index < -0.39 is 25.9 Å². The van der Waals surface area contributed by atoms with Crippen LogP contribution in [0.4, 0.5) is 10.1 Å². The van der Waals surface area contributed by atoms with Crippen molar-refractivity contribution in [3.8, 4) is 0 Å². The van der Waals surface area contributed by atoms with Gasteiger partial charge in [0.25, 0.3) is 10.0 Å². The molecule has 6 nitrogen and oxygen atoms in total. The Balaban J connectivity index is 2.08. The first-order chi connectivity index (χ1) is 11.1. The van der Waals surface area contributed by atoms with Crippen LogP contribution in [0.3, 0.4) is 0 Å². The fraction of sp³-hybridized carbons (Fsp3) is 0.143. The zero-order valence-corrected chi connectivity index (χ0v) is 14.5. The highest BCUT2D eigenvalue weighted by atomic mass is 35.5. The monoisotopic (exact) mass is 390 g/mol. The normalized spacial score (nSPS) is 14.7. The number of primary sulfonamides is 1. The van der Waals surface area contributed by atoms with Crippen LogP contribution < -0.4 is 9.44 Å². The maximum Gasteiger partial charge on any atom is 0.265 e. The molecule has 0 spiro atoms. The summed E-state index contributed by atoms with van der Waals surface area (Å²) in [5.74, 6) is -0.640. The highest BCUT2D eigenvalue weighted by Crippen LogP contribution is 2.36. The Labute approximate surface area is 143 Å². The van der Waals surface area contributed by atoms with Crippen LogP contribution in [0.2, 0.25) is 5.02 Å². The molecule has 0 aliphatic carbocycles. The van der Waals surface area contributed by atoms with Gasteiger partial charge in [0.2, 0.25) is 10.0 Å². The molecule has 0 bridgehead atoms. The molecule has 0 saturated heterocycles. The van der Waals surface area contributed by atoms with Gasteiger partial charge in [-0.1, -0.05) is 11.6 Å². The van der Waals surface area contributed by atoms with E-state index in [0.717, 1.165) is 22.5 Å². The van der Waals surface area contributed by atoms with E-state index in [2.05, 4.69) is 0 Å². The molecule has 0 fully saturated rings. The number of halogens is 2. The fourth-order valence-electron chi connectivity index (χ4n) is 2.58. The summed E-state index contributed by atoms with van der Waals surface area (Å²) in [5, 5.41) is 4.87. The molecule has 24 heavy (non-hydrogen) atoms. The smallest absolute Gasteiger partial charge is 0.265 e. The molecule has 3 rings (SSSR count). The van der Waals surface area contributed by atoms with E-state index in [4.69, 9.17) is 16.7 Å². The van der Waals surface area contributed by atoms with Gasteiger partial charge < -0.3 is 0 Å². The molecule has 0 radical (unpaired) electrons. The van der Waals surface area contributed by atoms with E-state index in [1.54, 1.807) is 0 Å². The topological polar surface area (TPSA) is 97.5 Å². The molecule has 1 heterocycles. The predicted molar refractivity (Wildman–Crippen MR) is 87.5 cm³/mol. The van der Waals surface area contributed by atoms with Crippen LogP contribution in [0.5, 0.6) is 0 Å². The van der Waals surface area contributed by atoms with Gasteiger partial charge in [0.15, 0.2) is 0 Å². The van der Waals surface area contributed by atoms with Crippen LogP contribution >= 0.6 is 11.6 Å².